The highest BCUT2D eigenvalue weighted by atomic mass is 19.1. The molecule has 0 spiro atoms. The Bertz CT molecular complexity index is 1050. The number of H-pyrrole nitrogens is 1. The Kier molecular flexibility index (Phi) is 3.86. The third-order valence-corrected chi connectivity index (χ3v) is 4.21. The van der Waals surface area contributed by atoms with Gasteiger partial charge in [0.15, 0.2) is 0 Å². The normalized spacial score (nSPS) is 11.9. The van der Waals surface area contributed by atoms with E-state index in [2.05, 4.69) is 9.97 Å². The van der Waals surface area contributed by atoms with E-state index in [0.29, 0.717) is 5.56 Å². The molecule has 130 valence electrons. The topological polar surface area (TPSA) is 66.0 Å². The van der Waals surface area contributed by atoms with Crippen LogP contribution in [-0.2, 0) is 5.41 Å². The molecule has 0 amide bonds. The van der Waals surface area contributed by atoms with Crippen molar-refractivity contribution in [3.05, 3.63) is 57.4 Å². The first-order valence-electron chi connectivity index (χ1n) is 7.82. The summed E-state index contributed by atoms with van der Waals surface area (Å²) >= 11 is 0. The number of nitrogens with zero attached hydrogens (tertiary/aromatic N) is 1. The summed E-state index contributed by atoms with van der Waals surface area (Å²) in [5, 5.41) is 10.8. The molecule has 25 heavy (non-hydrogen) atoms. The summed E-state index contributed by atoms with van der Waals surface area (Å²) in [7, 11) is 0. The summed E-state index contributed by atoms with van der Waals surface area (Å²) in [5.41, 5.74) is -0.0793. The van der Waals surface area contributed by atoms with Crippen molar-refractivity contribution in [3.8, 4) is 17.1 Å². The Morgan fingerprint density at radius 2 is 1.84 bits per heavy atom. The third-order valence-electron chi connectivity index (χ3n) is 4.21. The van der Waals surface area contributed by atoms with E-state index in [0.717, 1.165) is 6.07 Å². The van der Waals surface area contributed by atoms with Crippen LogP contribution in [0, 0.1) is 18.6 Å². The number of aromatic amines is 1. The van der Waals surface area contributed by atoms with Crippen molar-refractivity contribution < 1.29 is 13.9 Å². The van der Waals surface area contributed by atoms with E-state index in [1.54, 1.807) is 0 Å². The number of nitrogens with one attached hydrogen (secondary N) is 1. The van der Waals surface area contributed by atoms with Gasteiger partial charge in [0.25, 0.3) is 5.56 Å². The molecule has 0 atom stereocenters. The SMILES string of the molecule is Cc1c(F)cc(C(C)(C)C)c(O)c1-c1nc2ccc(F)cc2c(=O)[nH]1. The lowest BCUT2D eigenvalue weighted by atomic mass is 9.84. The first kappa shape index (κ1) is 17.1. The average molecular weight is 344 g/mol. The van der Waals surface area contributed by atoms with E-state index in [-0.39, 0.29) is 33.6 Å². The minimum atomic E-state index is -0.556. The van der Waals surface area contributed by atoms with Crippen LogP contribution in [0.25, 0.3) is 22.3 Å². The standard InChI is InChI=1S/C19H18F2N2O2/c1-9-13(21)8-12(19(2,3)4)16(24)15(9)17-22-14-6-5-10(20)7-11(14)18(25)23-17/h5-8,24H,1-4H3,(H,22,23,25). The lowest BCUT2D eigenvalue weighted by molar-refractivity contribution is 0.443. The summed E-state index contributed by atoms with van der Waals surface area (Å²) in [6.07, 6.45) is 0. The lowest BCUT2D eigenvalue weighted by Gasteiger charge is -2.23. The van der Waals surface area contributed by atoms with Crippen LogP contribution in [0.2, 0.25) is 0 Å². The predicted octanol–water partition coefficient (Wildman–Crippen LogP) is 4.18. The number of aromatic nitrogens is 2. The van der Waals surface area contributed by atoms with Gasteiger partial charge in [0.1, 0.15) is 23.2 Å². The molecule has 2 N–H and O–H groups in total. The molecule has 1 heterocycles. The number of phenols is 1. The fraction of sp³-hybridized carbons (Fsp3) is 0.263. The Morgan fingerprint density at radius 1 is 1.16 bits per heavy atom. The molecule has 0 radical (unpaired) electrons. The number of phenolic OH excluding ortho intramolecular Hbond substituents is 1. The molecular weight excluding hydrogens is 326 g/mol. The zero-order valence-electron chi connectivity index (χ0n) is 14.4. The van der Waals surface area contributed by atoms with Gasteiger partial charge in [-0.1, -0.05) is 20.8 Å². The molecule has 0 saturated heterocycles. The molecule has 2 aromatic carbocycles. The van der Waals surface area contributed by atoms with Gasteiger partial charge in [-0.25, -0.2) is 13.8 Å². The molecule has 0 bridgehead atoms. The van der Waals surface area contributed by atoms with Gasteiger partial charge < -0.3 is 10.1 Å². The average Bonchev–Trinajstić information content (AvgIpc) is 2.51. The van der Waals surface area contributed by atoms with Crippen molar-refractivity contribution in [2.24, 2.45) is 0 Å². The van der Waals surface area contributed by atoms with E-state index >= 15 is 0 Å². The van der Waals surface area contributed by atoms with Crippen LogP contribution in [0.4, 0.5) is 8.78 Å². The second kappa shape index (κ2) is 5.65. The Labute approximate surface area is 143 Å². The first-order chi connectivity index (χ1) is 11.6. The highest BCUT2D eigenvalue weighted by Crippen LogP contribution is 2.40. The van der Waals surface area contributed by atoms with Crippen LogP contribution in [0.1, 0.15) is 31.9 Å². The van der Waals surface area contributed by atoms with Crippen molar-refractivity contribution in [1.29, 1.82) is 0 Å². The Morgan fingerprint density at radius 3 is 2.48 bits per heavy atom. The minimum Gasteiger partial charge on any atom is -0.507 e. The zero-order valence-corrected chi connectivity index (χ0v) is 14.4. The highest BCUT2D eigenvalue weighted by molar-refractivity contribution is 5.81. The quantitative estimate of drug-likeness (QED) is 0.696. The van der Waals surface area contributed by atoms with Crippen LogP contribution in [0.3, 0.4) is 0 Å². The molecule has 4 nitrogen and oxygen atoms in total. The van der Waals surface area contributed by atoms with Gasteiger partial charge in [0.2, 0.25) is 0 Å². The molecule has 0 unspecified atom stereocenters. The molecule has 0 aliphatic heterocycles. The highest BCUT2D eigenvalue weighted by Gasteiger charge is 2.25. The summed E-state index contributed by atoms with van der Waals surface area (Å²) in [4.78, 5) is 19.1. The number of hydrogen-bond donors (Lipinski definition) is 2. The van der Waals surface area contributed by atoms with E-state index < -0.39 is 22.6 Å². The molecule has 3 rings (SSSR count). The van der Waals surface area contributed by atoms with Gasteiger partial charge in [-0.2, -0.15) is 0 Å². The third kappa shape index (κ3) is 2.88. The second-order valence-corrected chi connectivity index (χ2v) is 7.08. The van der Waals surface area contributed by atoms with E-state index in [1.165, 1.54) is 25.1 Å². The molecule has 0 aliphatic carbocycles. The fourth-order valence-electron chi connectivity index (χ4n) is 2.83. The van der Waals surface area contributed by atoms with Gasteiger partial charge in [-0.3, -0.25) is 4.79 Å². The van der Waals surface area contributed by atoms with Crippen LogP contribution in [0.15, 0.2) is 29.1 Å². The maximum atomic E-state index is 14.4. The van der Waals surface area contributed by atoms with Gasteiger partial charge in [0.05, 0.1) is 16.5 Å². The summed E-state index contributed by atoms with van der Waals surface area (Å²) < 4.78 is 27.8. The van der Waals surface area contributed by atoms with Gasteiger partial charge in [-0.05, 0) is 42.2 Å². The van der Waals surface area contributed by atoms with Crippen LogP contribution >= 0.6 is 0 Å². The van der Waals surface area contributed by atoms with Crippen molar-refractivity contribution in [2.75, 3.05) is 0 Å². The van der Waals surface area contributed by atoms with Crippen molar-refractivity contribution in [3.63, 3.8) is 0 Å². The second-order valence-electron chi connectivity index (χ2n) is 7.08. The van der Waals surface area contributed by atoms with Gasteiger partial charge in [0, 0.05) is 5.56 Å². The van der Waals surface area contributed by atoms with Gasteiger partial charge in [-0.15, -0.1) is 0 Å². The molecule has 3 aromatic rings. The number of benzene rings is 2. The zero-order chi connectivity index (χ0) is 18.5. The maximum absolute atomic E-state index is 14.4. The predicted molar refractivity (Wildman–Crippen MR) is 92.8 cm³/mol. The molecular formula is C19H18F2N2O2. The molecule has 0 fully saturated rings. The summed E-state index contributed by atoms with van der Waals surface area (Å²) in [6, 6.07) is 4.95. The summed E-state index contributed by atoms with van der Waals surface area (Å²) in [6.45, 7) is 7.05. The number of hydrogen-bond acceptors (Lipinski definition) is 3. The van der Waals surface area contributed by atoms with E-state index in [1.807, 2.05) is 20.8 Å². The van der Waals surface area contributed by atoms with Crippen LogP contribution in [0.5, 0.6) is 5.75 Å². The number of rotatable bonds is 1. The molecule has 0 aliphatic rings. The maximum Gasteiger partial charge on any atom is 0.259 e. The number of halogens is 2. The molecule has 1 aromatic heterocycles. The fourth-order valence-corrected chi connectivity index (χ4v) is 2.83. The van der Waals surface area contributed by atoms with E-state index in [9.17, 15) is 18.7 Å². The minimum absolute atomic E-state index is 0.0455. The Balaban J connectivity index is 2.37. The van der Waals surface area contributed by atoms with Crippen molar-refractivity contribution in [2.45, 2.75) is 33.1 Å². The summed E-state index contributed by atoms with van der Waals surface area (Å²) in [5.74, 6) is -1.13. The largest absolute Gasteiger partial charge is 0.507 e. The Hall–Kier alpha value is -2.76. The first-order valence-corrected chi connectivity index (χ1v) is 7.82. The number of aromatic hydroxyl groups is 1. The number of fused-ring (bicyclic) bond motifs is 1. The van der Waals surface area contributed by atoms with E-state index in [4.69, 9.17) is 0 Å². The van der Waals surface area contributed by atoms with Crippen LogP contribution < -0.4 is 5.56 Å². The van der Waals surface area contributed by atoms with Crippen molar-refractivity contribution in [1.82, 2.24) is 9.97 Å². The van der Waals surface area contributed by atoms with Crippen molar-refractivity contribution >= 4 is 10.9 Å². The smallest absolute Gasteiger partial charge is 0.259 e. The molecule has 0 saturated carbocycles. The van der Waals surface area contributed by atoms with Gasteiger partial charge >= 0.3 is 0 Å². The monoisotopic (exact) mass is 344 g/mol. The molecule has 6 heteroatoms. The lowest BCUT2D eigenvalue weighted by Crippen LogP contribution is -2.15. The van der Waals surface area contributed by atoms with Crippen LogP contribution in [-0.4, -0.2) is 15.1 Å².